The van der Waals surface area contributed by atoms with E-state index in [-0.39, 0.29) is 5.82 Å². The Morgan fingerprint density at radius 2 is 2.07 bits per heavy atom. The molecule has 4 heteroatoms. The molecule has 2 aromatic rings. The summed E-state index contributed by atoms with van der Waals surface area (Å²) in [7, 11) is 0. The van der Waals surface area contributed by atoms with E-state index in [1.807, 2.05) is 0 Å². The Kier molecular flexibility index (Phi) is 1.65. The molecular formula is C11H10FN3. The quantitative estimate of drug-likeness (QED) is 0.773. The summed E-state index contributed by atoms with van der Waals surface area (Å²) in [6, 6.07) is 4.40. The first kappa shape index (κ1) is 8.59. The van der Waals surface area contributed by atoms with Crippen LogP contribution in [0.5, 0.6) is 0 Å². The molecule has 1 saturated carbocycles. The highest BCUT2D eigenvalue weighted by Gasteiger charge is 2.27. The minimum atomic E-state index is -0.289. The van der Waals surface area contributed by atoms with Crippen molar-refractivity contribution in [1.29, 1.82) is 0 Å². The second-order valence-corrected chi connectivity index (χ2v) is 3.90. The fourth-order valence-corrected chi connectivity index (χ4v) is 1.67. The molecule has 1 heterocycles. The van der Waals surface area contributed by atoms with Crippen LogP contribution < -0.4 is 5.73 Å². The highest BCUT2D eigenvalue weighted by atomic mass is 19.1. The molecule has 1 aromatic heterocycles. The zero-order valence-corrected chi connectivity index (χ0v) is 8.07. The number of hydrogen-bond donors (Lipinski definition) is 1. The van der Waals surface area contributed by atoms with Crippen molar-refractivity contribution in [3.63, 3.8) is 0 Å². The topological polar surface area (TPSA) is 51.8 Å². The summed E-state index contributed by atoms with van der Waals surface area (Å²) in [5.74, 6) is 1.34. The minimum absolute atomic E-state index is 0.289. The van der Waals surface area contributed by atoms with Crippen LogP contribution in [0.3, 0.4) is 0 Å². The Labute approximate surface area is 86.1 Å². The molecule has 2 N–H and O–H groups in total. The van der Waals surface area contributed by atoms with Gasteiger partial charge in [-0.15, -0.1) is 0 Å². The standard InChI is InChI=1S/C11H10FN3/c12-7-3-4-8-9(5-7)14-11(6-1-2-6)15-10(8)13/h3-6H,1-2H2,(H2,13,14,15). The number of halogens is 1. The normalized spacial score (nSPS) is 15.8. The van der Waals surface area contributed by atoms with E-state index in [1.165, 1.54) is 12.1 Å². The van der Waals surface area contributed by atoms with Gasteiger partial charge in [0.1, 0.15) is 17.5 Å². The molecule has 1 aliphatic carbocycles. The molecule has 0 saturated heterocycles. The third-order valence-electron chi connectivity index (χ3n) is 2.65. The van der Waals surface area contributed by atoms with Crippen LogP contribution >= 0.6 is 0 Å². The number of fused-ring (bicyclic) bond motifs is 1. The molecule has 1 aromatic carbocycles. The van der Waals surface area contributed by atoms with Crippen molar-refractivity contribution in [1.82, 2.24) is 9.97 Å². The second-order valence-electron chi connectivity index (χ2n) is 3.90. The molecule has 1 fully saturated rings. The van der Waals surface area contributed by atoms with Crippen molar-refractivity contribution < 1.29 is 4.39 Å². The van der Waals surface area contributed by atoms with Gasteiger partial charge in [0.15, 0.2) is 0 Å². The van der Waals surface area contributed by atoms with E-state index in [2.05, 4.69) is 9.97 Å². The Hall–Kier alpha value is -1.71. The number of nitrogen functional groups attached to an aromatic ring is 1. The number of aromatic nitrogens is 2. The molecule has 0 aliphatic heterocycles. The molecule has 0 bridgehead atoms. The van der Waals surface area contributed by atoms with Crippen molar-refractivity contribution in [2.24, 2.45) is 0 Å². The molecule has 76 valence electrons. The summed E-state index contributed by atoms with van der Waals surface area (Å²) < 4.78 is 13.0. The lowest BCUT2D eigenvalue weighted by Crippen LogP contribution is -2.00. The van der Waals surface area contributed by atoms with Gasteiger partial charge in [0.05, 0.1) is 5.52 Å². The molecule has 0 unspecified atom stereocenters. The average Bonchev–Trinajstić information content (AvgIpc) is 2.99. The van der Waals surface area contributed by atoms with Crippen LogP contribution in [0.25, 0.3) is 10.9 Å². The van der Waals surface area contributed by atoms with Crippen molar-refractivity contribution in [3.05, 3.63) is 29.8 Å². The maximum atomic E-state index is 13.0. The van der Waals surface area contributed by atoms with Crippen molar-refractivity contribution in [2.75, 3.05) is 5.73 Å². The van der Waals surface area contributed by atoms with Gasteiger partial charge in [-0.05, 0) is 25.0 Å². The lowest BCUT2D eigenvalue weighted by atomic mass is 10.2. The van der Waals surface area contributed by atoms with E-state index in [9.17, 15) is 4.39 Å². The first-order valence-corrected chi connectivity index (χ1v) is 4.97. The maximum absolute atomic E-state index is 13.0. The first-order chi connectivity index (χ1) is 7.24. The second kappa shape index (κ2) is 2.89. The van der Waals surface area contributed by atoms with Crippen LogP contribution in [0.2, 0.25) is 0 Å². The smallest absolute Gasteiger partial charge is 0.135 e. The van der Waals surface area contributed by atoms with Crippen LogP contribution in [-0.2, 0) is 0 Å². The van der Waals surface area contributed by atoms with E-state index in [0.29, 0.717) is 17.3 Å². The number of hydrogen-bond acceptors (Lipinski definition) is 3. The fourth-order valence-electron chi connectivity index (χ4n) is 1.67. The van der Waals surface area contributed by atoms with Gasteiger partial charge in [-0.1, -0.05) is 0 Å². The Balaban J connectivity index is 2.27. The van der Waals surface area contributed by atoms with Gasteiger partial charge in [-0.3, -0.25) is 0 Å². The van der Waals surface area contributed by atoms with Gasteiger partial charge < -0.3 is 5.73 Å². The highest BCUT2D eigenvalue weighted by Crippen LogP contribution is 2.39. The van der Waals surface area contributed by atoms with Gasteiger partial charge in [0.2, 0.25) is 0 Å². The number of benzene rings is 1. The predicted molar refractivity (Wildman–Crippen MR) is 55.9 cm³/mol. The first-order valence-electron chi connectivity index (χ1n) is 4.97. The van der Waals surface area contributed by atoms with Gasteiger partial charge in [0.25, 0.3) is 0 Å². The van der Waals surface area contributed by atoms with E-state index in [0.717, 1.165) is 24.1 Å². The molecular weight excluding hydrogens is 193 g/mol. The molecule has 0 spiro atoms. The summed E-state index contributed by atoms with van der Waals surface area (Å²) in [6.45, 7) is 0. The van der Waals surface area contributed by atoms with Crippen molar-refractivity contribution in [2.45, 2.75) is 18.8 Å². The summed E-state index contributed by atoms with van der Waals surface area (Å²) in [4.78, 5) is 8.56. The van der Waals surface area contributed by atoms with Crippen LogP contribution in [0.15, 0.2) is 18.2 Å². The van der Waals surface area contributed by atoms with Crippen LogP contribution in [-0.4, -0.2) is 9.97 Å². The number of nitrogens with two attached hydrogens (primary N) is 1. The molecule has 0 atom stereocenters. The van der Waals surface area contributed by atoms with Gasteiger partial charge in [-0.2, -0.15) is 0 Å². The third-order valence-corrected chi connectivity index (χ3v) is 2.65. The highest BCUT2D eigenvalue weighted by molar-refractivity contribution is 5.87. The molecule has 15 heavy (non-hydrogen) atoms. The summed E-state index contributed by atoms with van der Waals surface area (Å²) >= 11 is 0. The molecule has 1 aliphatic rings. The van der Waals surface area contributed by atoms with Gasteiger partial charge in [-0.25, -0.2) is 14.4 Å². The Morgan fingerprint density at radius 1 is 1.27 bits per heavy atom. The predicted octanol–water partition coefficient (Wildman–Crippen LogP) is 2.23. The summed E-state index contributed by atoms with van der Waals surface area (Å²) in [5, 5.41) is 0.723. The summed E-state index contributed by atoms with van der Waals surface area (Å²) in [6.07, 6.45) is 2.22. The lowest BCUT2D eigenvalue weighted by molar-refractivity contribution is 0.629. The molecule has 0 amide bonds. The lowest BCUT2D eigenvalue weighted by Gasteiger charge is -2.03. The Bertz CT molecular complexity index is 535. The summed E-state index contributed by atoms with van der Waals surface area (Å²) in [5.41, 5.74) is 6.40. The van der Waals surface area contributed by atoms with E-state index in [4.69, 9.17) is 5.73 Å². The molecule has 3 nitrogen and oxygen atoms in total. The number of anilines is 1. The van der Waals surface area contributed by atoms with Crippen molar-refractivity contribution in [3.8, 4) is 0 Å². The van der Waals surface area contributed by atoms with Crippen LogP contribution in [0, 0.1) is 5.82 Å². The average molecular weight is 203 g/mol. The van der Waals surface area contributed by atoms with Crippen LogP contribution in [0.4, 0.5) is 10.2 Å². The van der Waals surface area contributed by atoms with E-state index in [1.54, 1.807) is 6.07 Å². The van der Waals surface area contributed by atoms with E-state index < -0.39 is 0 Å². The van der Waals surface area contributed by atoms with Crippen LogP contribution in [0.1, 0.15) is 24.6 Å². The monoisotopic (exact) mass is 203 g/mol. The molecule has 0 radical (unpaired) electrons. The van der Waals surface area contributed by atoms with E-state index >= 15 is 0 Å². The minimum Gasteiger partial charge on any atom is -0.383 e. The largest absolute Gasteiger partial charge is 0.383 e. The maximum Gasteiger partial charge on any atom is 0.135 e. The van der Waals surface area contributed by atoms with Gasteiger partial charge in [0, 0.05) is 17.4 Å². The van der Waals surface area contributed by atoms with Crippen molar-refractivity contribution >= 4 is 16.7 Å². The number of nitrogens with zero attached hydrogens (tertiary/aromatic N) is 2. The zero-order valence-electron chi connectivity index (χ0n) is 8.07. The molecule has 3 rings (SSSR count). The van der Waals surface area contributed by atoms with Gasteiger partial charge >= 0.3 is 0 Å². The zero-order chi connectivity index (χ0) is 10.4. The fraction of sp³-hybridized carbons (Fsp3) is 0.273. The SMILES string of the molecule is Nc1nc(C2CC2)nc2cc(F)ccc12. The number of rotatable bonds is 1. The Morgan fingerprint density at radius 3 is 2.80 bits per heavy atom. The third kappa shape index (κ3) is 1.42.